The maximum Gasteiger partial charge on any atom is 0.271 e. The smallest absolute Gasteiger partial charge is 0.271 e. The van der Waals surface area contributed by atoms with Gasteiger partial charge in [-0.15, -0.1) is 0 Å². The van der Waals surface area contributed by atoms with Crippen LogP contribution in [-0.2, 0) is 11.3 Å². The van der Waals surface area contributed by atoms with E-state index in [1.807, 2.05) is 13.8 Å². The number of thioether (sulfide) groups is 1. The number of benzene rings is 1. The first-order valence-electron chi connectivity index (χ1n) is 8.44. The standard InChI is InChI=1S/C18H23ClN4O2S/c1-4-5-10-23-13(3)12(2)20-18(23)26-11-16(24)21-22-17(25)14-8-6-7-9-15(14)19/h6-9H,4-5,10-11H2,1-3H3,(H,21,24)(H,22,25). The van der Waals surface area contributed by atoms with Gasteiger partial charge in [0.25, 0.3) is 5.91 Å². The first-order valence-corrected chi connectivity index (χ1v) is 9.80. The Morgan fingerprint density at radius 1 is 1.23 bits per heavy atom. The molecule has 26 heavy (non-hydrogen) atoms. The average molecular weight is 395 g/mol. The van der Waals surface area contributed by atoms with Crippen LogP contribution in [0.5, 0.6) is 0 Å². The van der Waals surface area contributed by atoms with Crippen LogP contribution in [0.25, 0.3) is 0 Å². The number of nitrogens with one attached hydrogen (secondary N) is 2. The highest BCUT2D eigenvalue weighted by molar-refractivity contribution is 7.99. The third-order valence-electron chi connectivity index (χ3n) is 3.92. The molecular weight excluding hydrogens is 372 g/mol. The van der Waals surface area contributed by atoms with E-state index in [1.165, 1.54) is 11.8 Å². The molecule has 1 heterocycles. The normalized spacial score (nSPS) is 10.6. The Hall–Kier alpha value is -1.99. The topological polar surface area (TPSA) is 76.0 Å². The van der Waals surface area contributed by atoms with E-state index in [0.29, 0.717) is 10.6 Å². The van der Waals surface area contributed by atoms with Crippen molar-refractivity contribution in [2.24, 2.45) is 0 Å². The number of carbonyl (C=O) groups excluding carboxylic acids is 2. The lowest BCUT2D eigenvalue weighted by molar-refractivity contribution is -0.119. The number of hydrazine groups is 1. The summed E-state index contributed by atoms with van der Waals surface area (Å²) in [5.41, 5.74) is 7.18. The first-order chi connectivity index (χ1) is 12.4. The number of nitrogens with zero attached hydrogens (tertiary/aromatic N) is 2. The van der Waals surface area contributed by atoms with Gasteiger partial charge in [-0.25, -0.2) is 4.98 Å². The molecule has 140 valence electrons. The van der Waals surface area contributed by atoms with Crippen LogP contribution in [0.4, 0.5) is 0 Å². The largest absolute Gasteiger partial charge is 0.323 e. The lowest BCUT2D eigenvalue weighted by Gasteiger charge is -2.10. The maximum atomic E-state index is 12.0. The van der Waals surface area contributed by atoms with Crippen LogP contribution in [0.2, 0.25) is 5.02 Å². The van der Waals surface area contributed by atoms with Crippen molar-refractivity contribution < 1.29 is 9.59 Å². The molecule has 0 aliphatic rings. The minimum absolute atomic E-state index is 0.158. The number of rotatable bonds is 7. The molecular formula is C18H23ClN4O2S. The first kappa shape index (κ1) is 20.3. The summed E-state index contributed by atoms with van der Waals surface area (Å²) < 4.78 is 2.14. The number of carbonyl (C=O) groups is 2. The molecule has 0 saturated carbocycles. The molecule has 0 radical (unpaired) electrons. The Labute approximate surface area is 162 Å². The Bertz CT molecular complexity index is 791. The Morgan fingerprint density at radius 2 is 1.96 bits per heavy atom. The van der Waals surface area contributed by atoms with Gasteiger partial charge in [0, 0.05) is 12.2 Å². The van der Waals surface area contributed by atoms with E-state index in [2.05, 4.69) is 27.3 Å². The zero-order valence-corrected chi connectivity index (χ0v) is 16.7. The highest BCUT2D eigenvalue weighted by Gasteiger charge is 2.14. The highest BCUT2D eigenvalue weighted by Crippen LogP contribution is 2.21. The molecule has 0 atom stereocenters. The summed E-state index contributed by atoms with van der Waals surface area (Å²) in [5.74, 6) is -0.606. The van der Waals surface area contributed by atoms with Gasteiger partial charge in [-0.2, -0.15) is 0 Å². The SMILES string of the molecule is CCCCn1c(SCC(=O)NNC(=O)c2ccccc2Cl)nc(C)c1C. The van der Waals surface area contributed by atoms with E-state index in [4.69, 9.17) is 11.6 Å². The highest BCUT2D eigenvalue weighted by atomic mass is 35.5. The molecule has 2 N–H and O–H groups in total. The minimum atomic E-state index is -0.454. The Morgan fingerprint density at radius 3 is 2.65 bits per heavy atom. The van der Waals surface area contributed by atoms with Crippen molar-refractivity contribution in [3.8, 4) is 0 Å². The fourth-order valence-corrected chi connectivity index (χ4v) is 3.46. The van der Waals surface area contributed by atoms with E-state index < -0.39 is 5.91 Å². The molecule has 0 bridgehead atoms. The number of imidazole rings is 1. The predicted molar refractivity (Wildman–Crippen MR) is 104 cm³/mol. The van der Waals surface area contributed by atoms with Gasteiger partial charge >= 0.3 is 0 Å². The molecule has 0 unspecified atom stereocenters. The summed E-state index contributed by atoms with van der Waals surface area (Å²) >= 11 is 7.32. The number of aromatic nitrogens is 2. The summed E-state index contributed by atoms with van der Waals surface area (Å²) in [5, 5.41) is 1.15. The van der Waals surface area contributed by atoms with Gasteiger partial charge in [-0.1, -0.05) is 48.8 Å². The molecule has 0 spiro atoms. The van der Waals surface area contributed by atoms with Crippen molar-refractivity contribution >= 4 is 35.2 Å². The molecule has 2 amide bonds. The van der Waals surface area contributed by atoms with E-state index in [1.54, 1.807) is 24.3 Å². The summed E-state index contributed by atoms with van der Waals surface area (Å²) in [4.78, 5) is 28.6. The van der Waals surface area contributed by atoms with Gasteiger partial charge in [0.1, 0.15) is 0 Å². The monoisotopic (exact) mass is 394 g/mol. The van der Waals surface area contributed by atoms with Crippen molar-refractivity contribution in [2.45, 2.75) is 45.3 Å². The van der Waals surface area contributed by atoms with Crippen molar-refractivity contribution in [3.05, 3.63) is 46.2 Å². The van der Waals surface area contributed by atoms with Crippen molar-refractivity contribution in [3.63, 3.8) is 0 Å². The van der Waals surface area contributed by atoms with Gasteiger partial charge < -0.3 is 4.57 Å². The molecule has 0 saturated heterocycles. The number of unbranched alkanes of at least 4 members (excludes halogenated alkanes) is 1. The summed E-state index contributed by atoms with van der Waals surface area (Å²) in [6, 6.07) is 6.65. The number of hydrogen-bond donors (Lipinski definition) is 2. The average Bonchev–Trinajstić information content (AvgIpc) is 2.90. The summed E-state index contributed by atoms with van der Waals surface area (Å²) in [6.07, 6.45) is 2.15. The number of hydrogen-bond acceptors (Lipinski definition) is 4. The van der Waals surface area contributed by atoms with Crippen LogP contribution in [0, 0.1) is 13.8 Å². The second-order valence-electron chi connectivity index (χ2n) is 5.84. The van der Waals surface area contributed by atoms with Crippen molar-refractivity contribution in [2.75, 3.05) is 5.75 Å². The summed E-state index contributed by atoms with van der Waals surface area (Å²) in [7, 11) is 0. The van der Waals surface area contributed by atoms with Gasteiger partial charge in [0.2, 0.25) is 5.91 Å². The molecule has 2 rings (SSSR count). The minimum Gasteiger partial charge on any atom is -0.323 e. The fourth-order valence-electron chi connectivity index (χ4n) is 2.32. The number of halogens is 1. The van der Waals surface area contributed by atoms with E-state index >= 15 is 0 Å². The lowest BCUT2D eigenvalue weighted by atomic mass is 10.2. The van der Waals surface area contributed by atoms with Gasteiger partial charge in [-0.05, 0) is 32.4 Å². The van der Waals surface area contributed by atoms with Gasteiger partial charge in [0.15, 0.2) is 5.16 Å². The molecule has 2 aromatic rings. The van der Waals surface area contributed by atoms with Crippen molar-refractivity contribution in [1.29, 1.82) is 0 Å². The molecule has 0 aliphatic carbocycles. The van der Waals surface area contributed by atoms with Crippen molar-refractivity contribution in [1.82, 2.24) is 20.4 Å². The molecule has 0 aliphatic heterocycles. The number of amides is 2. The zero-order valence-electron chi connectivity index (χ0n) is 15.1. The Kier molecular flexibility index (Phi) is 7.53. The van der Waals surface area contributed by atoms with Crippen LogP contribution >= 0.6 is 23.4 Å². The molecule has 0 fully saturated rings. The van der Waals surface area contributed by atoms with Crippen LogP contribution in [0.1, 0.15) is 41.5 Å². The number of aryl methyl sites for hydroxylation is 1. The quantitative estimate of drug-likeness (QED) is 0.556. The zero-order chi connectivity index (χ0) is 19.1. The molecule has 1 aromatic carbocycles. The molecule has 1 aromatic heterocycles. The van der Waals surface area contributed by atoms with E-state index in [-0.39, 0.29) is 11.7 Å². The molecule has 6 nitrogen and oxygen atoms in total. The Balaban J connectivity index is 1.88. The predicted octanol–water partition coefficient (Wildman–Crippen LogP) is 3.51. The van der Waals surface area contributed by atoms with Crippen LogP contribution in [0.15, 0.2) is 29.4 Å². The van der Waals surface area contributed by atoms with Gasteiger partial charge in [-0.3, -0.25) is 20.4 Å². The lowest BCUT2D eigenvalue weighted by Crippen LogP contribution is -2.42. The third-order valence-corrected chi connectivity index (χ3v) is 5.23. The summed E-state index contributed by atoms with van der Waals surface area (Å²) in [6.45, 7) is 7.02. The maximum absolute atomic E-state index is 12.0. The fraction of sp³-hybridized carbons (Fsp3) is 0.389. The molecule has 8 heteroatoms. The second kappa shape index (κ2) is 9.64. The van der Waals surface area contributed by atoms with Crippen LogP contribution < -0.4 is 10.9 Å². The van der Waals surface area contributed by atoms with Crippen LogP contribution in [-0.4, -0.2) is 27.1 Å². The van der Waals surface area contributed by atoms with E-state index in [0.717, 1.165) is 35.9 Å². The van der Waals surface area contributed by atoms with Crippen LogP contribution in [0.3, 0.4) is 0 Å². The second-order valence-corrected chi connectivity index (χ2v) is 7.19. The van der Waals surface area contributed by atoms with E-state index in [9.17, 15) is 9.59 Å². The third kappa shape index (κ3) is 5.25. The van der Waals surface area contributed by atoms with Gasteiger partial charge in [0.05, 0.1) is 22.0 Å².